The summed E-state index contributed by atoms with van der Waals surface area (Å²) < 4.78 is 11.6. The van der Waals surface area contributed by atoms with Crippen molar-refractivity contribution in [1.29, 1.82) is 5.26 Å². The summed E-state index contributed by atoms with van der Waals surface area (Å²) in [5.74, 6) is 0.715. The molecule has 0 N–H and O–H groups in total. The van der Waals surface area contributed by atoms with Crippen LogP contribution in [0.2, 0.25) is 10.0 Å². The number of rotatable bonds is 4. The molecule has 1 heterocycles. The van der Waals surface area contributed by atoms with Gasteiger partial charge in [0.05, 0.1) is 35.0 Å². The van der Waals surface area contributed by atoms with E-state index in [1.54, 1.807) is 12.1 Å². The second-order valence-electron chi connectivity index (χ2n) is 4.98. The number of nitriles is 1. The summed E-state index contributed by atoms with van der Waals surface area (Å²) in [7, 11) is 2.97. The van der Waals surface area contributed by atoms with Gasteiger partial charge in [-0.3, -0.25) is 0 Å². The maximum absolute atomic E-state index is 9.59. The molecule has 4 nitrogen and oxygen atoms in total. The molecule has 0 spiro atoms. The maximum Gasteiger partial charge on any atom is 0.159 e. The highest BCUT2D eigenvalue weighted by atomic mass is 35.5. The zero-order valence-corrected chi connectivity index (χ0v) is 15.7. The summed E-state index contributed by atoms with van der Waals surface area (Å²) >= 11 is 14.0. The fourth-order valence-corrected chi connectivity index (χ4v) is 4.02. The molecule has 3 rings (SSSR count). The lowest BCUT2D eigenvalue weighted by molar-refractivity contribution is 0.394. The minimum absolute atomic E-state index is 0.255. The van der Waals surface area contributed by atoms with Gasteiger partial charge in [0.15, 0.2) is 5.75 Å². The van der Waals surface area contributed by atoms with Crippen molar-refractivity contribution in [2.45, 2.75) is 0 Å². The van der Waals surface area contributed by atoms with Crippen LogP contribution in [0, 0.1) is 11.3 Å². The van der Waals surface area contributed by atoms with E-state index in [4.69, 9.17) is 32.7 Å². The highest BCUT2D eigenvalue weighted by Crippen LogP contribution is 2.43. The molecule has 0 unspecified atom stereocenters. The zero-order valence-electron chi connectivity index (χ0n) is 13.3. The van der Waals surface area contributed by atoms with E-state index >= 15 is 0 Å². The van der Waals surface area contributed by atoms with Crippen molar-refractivity contribution in [3.05, 3.63) is 50.9 Å². The van der Waals surface area contributed by atoms with Crippen LogP contribution in [0.4, 0.5) is 0 Å². The second kappa shape index (κ2) is 7.32. The molecule has 0 aliphatic heterocycles. The number of thiazole rings is 1. The second-order valence-corrected chi connectivity index (χ2v) is 6.80. The molecule has 7 heteroatoms. The number of methoxy groups -OCH3 is 2. The number of aromatic nitrogens is 1. The fraction of sp³-hybridized carbons (Fsp3) is 0.111. The Morgan fingerprint density at radius 2 is 1.92 bits per heavy atom. The van der Waals surface area contributed by atoms with Crippen LogP contribution in [0.5, 0.6) is 11.5 Å². The SMILES string of the molecule is COc1c(Cl)cc(/C=C(/C#N)c2nc3ccccc3s2)c(OC)c1Cl. The van der Waals surface area contributed by atoms with Crippen LogP contribution in [0.3, 0.4) is 0 Å². The van der Waals surface area contributed by atoms with Gasteiger partial charge >= 0.3 is 0 Å². The lowest BCUT2D eigenvalue weighted by Crippen LogP contribution is -1.94. The largest absolute Gasteiger partial charge is 0.494 e. The smallest absolute Gasteiger partial charge is 0.159 e. The summed E-state index contributed by atoms with van der Waals surface area (Å²) in [6.07, 6.45) is 1.66. The van der Waals surface area contributed by atoms with E-state index in [0.29, 0.717) is 32.7 Å². The van der Waals surface area contributed by atoms with Crippen molar-refractivity contribution in [2.75, 3.05) is 14.2 Å². The molecule has 0 saturated heterocycles. The molecule has 126 valence electrons. The molecule has 0 fully saturated rings. The molecule has 2 aromatic carbocycles. The first-order chi connectivity index (χ1) is 12.1. The van der Waals surface area contributed by atoms with Crippen molar-refractivity contribution < 1.29 is 9.47 Å². The minimum Gasteiger partial charge on any atom is -0.494 e. The summed E-state index contributed by atoms with van der Waals surface area (Å²) in [6, 6.07) is 11.6. The number of nitrogens with zero attached hydrogens (tertiary/aromatic N) is 2. The molecule has 0 bridgehead atoms. The van der Waals surface area contributed by atoms with Crippen molar-refractivity contribution in [1.82, 2.24) is 4.98 Å². The summed E-state index contributed by atoms with van der Waals surface area (Å²) in [5.41, 5.74) is 1.83. The molecule has 3 aromatic rings. The Labute approximate surface area is 158 Å². The van der Waals surface area contributed by atoms with Gasteiger partial charge in [0.2, 0.25) is 0 Å². The van der Waals surface area contributed by atoms with Crippen LogP contribution in [-0.4, -0.2) is 19.2 Å². The highest BCUT2D eigenvalue weighted by molar-refractivity contribution is 7.19. The van der Waals surface area contributed by atoms with Gasteiger partial charge in [0.1, 0.15) is 21.8 Å². The Kier molecular flexibility index (Phi) is 5.14. The van der Waals surface area contributed by atoms with Crippen molar-refractivity contribution in [3.8, 4) is 17.6 Å². The summed E-state index contributed by atoms with van der Waals surface area (Å²) in [5, 5.41) is 10.8. The van der Waals surface area contributed by atoms with Crippen LogP contribution >= 0.6 is 34.5 Å². The molecule has 0 aliphatic carbocycles. The normalized spacial score (nSPS) is 11.4. The lowest BCUT2D eigenvalue weighted by atomic mass is 10.1. The van der Waals surface area contributed by atoms with E-state index in [2.05, 4.69) is 11.1 Å². The Morgan fingerprint density at radius 1 is 1.20 bits per heavy atom. The number of hydrogen-bond donors (Lipinski definition) is 0. The molecule has 0 saturated carbocycles. The van der Waals surface area contributed by atoms with Crippen molar-refractivity contribution in [2.24, 2.45) is 0 Å². The summed E-state index contributed by atoms with van der Waals surface area (Å²) in [4.78, 5) is 4.51. The third-order valence-corrected chi connectivity index (χ3v) is 5.21. The van der Waals surface area contributed by atoms with Gasteiger partial charge < -0.3 is 9.47 Å². The van der Waals surface area contributed by atoms with Crippen molar-refractivity contribution in [3.63, 3.8) is 0 Å². The number of ether oxygens (including phenoxy) is 2. The van der Waals surface area contributed by atoms with Gasteiger partial charge in [-0.1, -0.05) is 35.3 Å². The molecule has 0 amide bonds. The average Bonchev–Trinajstić information content (AvgIpc) is 3.03. The topological polar surface area (TPSA) is 55.1 Å². The Balaban J connectivity index is 2.16. The molecule has 0 atom stereocenters. The van der Waals surface area contributed by atoms with E-state index in [9.17, 15) is 5.26 Å². The van der Waals surface area contributed by atoms with Gasteiger partial charge in [-0.05, 0) is 24.3 Å². The first-order valence-corrected chi connectivity index (χ1v) is 8.74. The zero-order chi connectivity index (χ0) is 18.0. The van der Waals surface area contributed by atoms with E-state index < -0.39 is 0 Å². The van der Waals surface area contributed by atoms with Gasteiger partial charge in [0, 0.05) is 5.56 Å². The predicted octanol–water partition coefficient (Wildman–Crippen LogP) is 5.68. The van der Waals surface area contributed by atoms with Gasteiger partial charge in [-0.15, -0.1) is 11.3 Å². The number of hydrogen-bond acceptors (Lipinski definition) is 5. The number of halogens is 2. The Hall–Kier alpha value is -2.26. The van der Waals surface area contributed by atoms with Gasteiger partial charge in [-0.2, -0.15) is 5.26 Å². The van der Waals surface area contributed by atoms with E-state index in [0.717, 1.165) is 10.2 Å². The first kappa shape index (κ1) is 17.6. The number of allylic oxidation sites excluding steroid dienone is 1. The minimum atomic E-state index is 0.255. The molecular weight excluding hydrogens is 379 g/mol. The first-order valence-electron chi connectivity index (χ1n) is 7.16. The highest BCUT2D eigenvalue weighted by Gasteiger charge is 2.18. The maximum atomic E-state index is 9.59. The number of benzene rings is 2. The Morgan fingerprint density at radius 3 is 2.56 bits per heavy atom. The van der Waals surface area contributed by atoms with Gasteiger partial charge in [0.25, 0.3) is 0 Å². The van der Waals surface area contributed by atoms with Crippen LogP contribution in [0.25, 0.3) is 21.9 Å². The van der Waals surface area contributed by atoms with Crippen LogP contribution in [0.15, 0.2) is 30.3 Å². The number of para-hydroxylation sites is 1. The van der Waals surface area contributed by atoms with Crippen LogP contribution in [0.1, 0.15) is 10.6 Å². The summed E-state index contributed by atoms with van der Waals surface area (Å²) in [6.45, 7) is 0. The monoisotopic (exact) mass is 390 g/mol. The molecule has 1 aromatic heterocycles. The van der Waals surface area contributed by atoms with Crippen molar-refractivity contribution >= 4 is 56.4 Å². The molecule has 0 radical (unpaired) electrons. The molecule has 0 aliphatic rings. The quantitative estimate of drug-likeness (QED) is 0.537. The van der Waals surface area contributed by atoms with E-state index in [1.165, 1.54) is 25.6 Å². The standard InChI is InChI=1S/C18H12Cl2N2O2S/c1-23-16-10(8-12(19)17(24-2)15(16)20)7-11(9-21)18-22-13-5-3-4-6-14(13)25-18/h3-8H,1-2H3/b11-7-. The number of fused-ring (bicyclic) bond motifs is 1. The third-order valence-electron chi connectivity index (χ3n) is 3.51. The van der Waals surface area contributed by atoms with Crippen LogP contribution < -0.4 is 9.47 Å². The van der Waals surface area contributed by atoms with E-state index in [-0.39, 0.29) is 5.02 Å². The lowest BCUT2D eigenvalue weighted by Gasteiger charge is -2.13. The van der Waals surface area contributed by atoms with E-state index in [1.807, 2.05) is 24.3 Å². The Bertz CT molecular complexity index is 989. The van der Waals surface area contributed by atoms with Gasteiger partial charge in [-0.25, -0.2) is 4.98 Å². The predicted molar refractivity (Wildman–Crippen MR) is 103 cm³/mol. The fourth-order valence-electron chi connectivity index (χ4n) is 2.39. The third kappa shape index (κ3) is 3.29. The van der Waals surface area contributed by atoms with Crippen LogP contribution in [-0.2, 0) is 0 Å². The average molecular weight is 391 g/mol. The molecular formula is C18H12Cl2N2O2S. The molecule has 25 heavy (non-hydrogen) atoms.